The summed E-state index contributed by atoms with van der Waals surface area (Å²) in [6.07, 6.45) is 12.9. The van der Waals surface area contributed by atoms with Gasteiger partial charge in [0.2, 0.25) is 0 Å². The first kappa shape index (κ1) is 35.1. The molecule has 270 valence electrons. The fourth-order valence-corrected chi connectivity index (χ4v) is 14.6. The van der Waals surface area contributed by atoms with Crippen LogP contribution in [0.15, 0.2) is 125 Å². The van der Waals surface area contributed by atoms with Gasteiger partial charge in [-0.3, -0.25) is 0 Å². The first-order valence-electron chi connectivity index (χ1n) is 19.4. The molecule has 9 rings (SSSR count). The number of hydrogen-bond donors (Lipinski definition) is 0. The van der Waals surface area contributed by atoms with Crippen molar-refractivity contribution in [3.05, 3.63) is 170 Å². The summed E-state index contributed by atoms with van der Waals surface area (Å²) in [6.45, 7) is 16.7. The highest BCUT2D eigenvalue weighted by Crippen LogP contribution is 2.61. The number of rotatable bonds is 3. The Morgan fingerprint density at radius 3 is 2.24 bits per heavy atom. The van der Waals surface area contributed by atoms with Gasteiger partial charge in [-0.1, -0.05) is 129 Å². The number of fused-ring (bicyclic) bond motifs is 6. The Labute approximate surface area is 327 Å². The second-order valence-electron chi connectivity index (χ2n) is 17.3. The van der Waals surface area contributed by atoms with Crippen LogP contribution in [0.4, 0.5) is 5.69 Å². The van der Waals surface area contributed by atoms with E-state index in [-0.39, 0.29) is 10.3 Å². The van der Waals surface area contributed by atoms with E-state index < -0.39 is 8.07 Å². The standard InChI is InChI=1S/C50H51N2SSi/c1-31-15-19-41-45(25-31)54(9,10)46-30-37(51(6)7)18-21-42(46)47(41)39-20-16-34(26-32(39)2)28-35-17-22-44-43(29-35)49(4,5)50(52(44)8)24-23-36-27-33(3)38-13-11-12-14-40(38)48(36)53-50/h11-27,29-30H,28H2,1-10H3/q+1. The molecule has 1 unspecified atom stereocenters. The smallest absolute Gasteiger partial charge is 0.199 e. The summed E-state index contributed by atoms with van der Waals surface area (Å²) in [4.78, 5) is 3.71. The van der Waals surface area contributed by atoms with Gasteiger partial charge in [-0.05, 0) is 122 Å². The van der Waals surface area contributed by atoms with Crippen molar-refractivity contribution >= 4 is 58.8 Å². The molecule has 0 fully saturated rings. The summed E-state index contributed by atoms with van der Waals surface area (Å²) in [7, 11) is 4.67. The monoisotopic (exact) mass is 739 g/mol. The Hall–Kier alpha value is -4.64. The number of likely N-dealkylation sites (N-methyl/N-ethyl adjacent to an activating group) is 1. The number of aryl methyl sites for hydroxylation is 3. The number of hydrogen-bond acceptors (Lipinski definition) is 2. The Morgan fingerprint density at radius 2 is 1.48 bits per heavy atom. The van der Waals surface area contributed by atoms with Crippen LogP contribution in [0.3, 0.4) is 0 Å². The molecule has 5 aromatic carbocycles. The van der Waals surface area contributed by atoms with Gasteiger partial charge >= 0.3 is 0 Å². The van der Waals surface area contributed by atoms with Crippen LogP contribution in [0.5, 0.6) is 0 Å². The van der Waals surface area contributed by atoms with Crippen molar-refractivity contribution in [1.82, 2.24) is 0 Å². The molecule has 5 aromatic rings. The average molecular weight is 740 g/mol. The Morgan fingerprint density at radius 1 is 0.759 bits per heavy atom. The highest BCUT2D eigenvalue weighted by atomic mass is 32.2. The predicted molar refractivity (Wildman–Crippen MR) is 237 cm³/mol. The van der Waals surface area contributed by atoms with Gasteiger partial charge < -0.3 is 4.90 Å². The van der Waals surface area contributed by atoms with Crippen molar-refractivity contribution in [2.75, 3.05) is 26.0 Å². The first-order chi connectivity index (χ1) is 25.7. The fraction of sp³-hybridized carbons (Fsp3) is 0.260. The number of allylic oxidation sites excluding steroid dienone is 5. The average Bonchev–Trinajstić information content (AvgIpc) is 3.30. The summed E-state index contributed by atoms with van der Waals surface area (Å²) in [5, 5.41) is 5.79. The Balaban J connectivity index is 1.07. The van der Waals surface area contributed by atoms with Crippen molar-refractivity contribution in [1.29, 1.82) is 0 Å². The number of thioether (sulfide) groups is 1. The molecule has 0 radical (unpaired) electrons. The third-order valence-electron chi connectivity index (χ3n) is 13.0. The van der Waals surface area contributed by atoms with Gasteiger partial charge in [-0.2, -0.15) is 0 Å². The molecule has 0 N–H and O–H groups in total. The summed E-state index contributed by atoms with van der Waals surface area (Å²) >= 11 is 2.03. The van der Waals surface area contributed by atoms with Gasteiger partial charge in [0.15, 0.2) is 5.71 Å². The van der Waals surface area contributed by atoms with Crippen LogP contribution in [-0.2, 0) is 11.8 Å². The van der Waals surface area contributed by atoms with E-state index in [1.807, 2.05) is 11.8 Å². The van der Waals surface area contributed by atoms with Crippen molar-refractivity contribution in [2.45, 2.75) is 69.3 Å². The summed E-state index contributed by atoms with van der Waals surface area (Å²) in [5.41, 5.74) is 17.5. The third kappa shape index (κ3) is 5.02. The number of nitrogens with zero attached hydrogens (tertiary/aromatic N) is 2. The normalized spacial score (nSPS) is 20.2. The van der Waals surface area contributed by atoms with Gasteiger partial charge in [-0.15, -0.1) is 0 Å². The minimum absolute atomic E-state index is 0.113. The lowest BCUT2D eigenvalue weighted by Gasteiger charge is -2.46. The third-order valence-corrected chi connectivity index (χ3v) is 18.4. The van der Waals surface area contributed by atoms with E-state index in [2.05, 4.69) is 194 Å². The molecule has 3 aliphatic heterocycles. The molecule has 0 aromatic heterocycles. The molecular weight excluding hydrogens is 689 g/mol. The van der Waals surface area contributed by atoms with E-state index in [0.717, 1.165) is 6.42 Å². The molecule has 0 amide bonds. The summed E-state index contributed by atoms with van der Waals surface area (Å²) in [6, 6.07) is 32.9. The van der Waals surface area contributed by atoms with E-state index in [0.29, 0.717) is 0 Å². The van der Waals surface area contributed by atoms with E-state index in [4.69, 9.17) is 0 Å². The lowest BCUT2D eigenvalue weighted by atomic mass is 9.78. The first-order valence-corrected chi connectivity index (χ1v) is 23.2. The molecule has 0 bridgehead atoms. The van der Waals surface area contributed by atoms with Gasteiger partial charge in [0.1, 0.15) is 27.0 Å². The quantitative estimate of drug-likeness (QED) is 0.134. The van der Waals surface area contributed by atoms with Crippen molar-refractivity contribution in [3.63, 3.8) is 0 Å². The second kappa shape index (κ2) is 12.2. The number of benzene rings is 5. The number of anilines is 1. The van der Waals surface area contributed by atoms with E-state index in [9.17, 15) is 0 Å². The topological polar surface area (TPSA) is 6.25 Å². The SMILES string of the molecule is Cc1ccc2c(c1)[Si](C)(C)C1=CC(=[N+](C)C)C=CC1=C2c1ccc(Cc2ccc3c(c2)C(C)(C)C2(C=Cc4cc(C)c5ccccc5c4S2)N3C)cc1C. The summed E-state index contributed by atoms with van der Waals surface area (Å²) in [5.74, 6) is 0. The van der Waals surface area contributed by atoms with Gasteiger partial charge in [0.05, 0.1) is 0 Å². The van der Waals surface area contributed by atoms with Crippen LogP contribution in [0.1, 0.15) is 63.9 Å². The zero-order valence-corrected chi connectivity index (χ0v) is 35.3. The predicted octanol–water partition coefficient (Wildman–Crippen LogP) is 11.1. The van der Waals surface area contributed by atoms with E-state index >= 15 is 0 Å². The molecule has 4 heteroatoms. The highest BCUT2D eigenvalue weighted by Gasteiger charge is 2.56. The van der Waals surface area contributed by atoms with Gasteiger partial charge in [0, 0.05) is 35.2 Å². The van der Waals surface area contributed by atoms with Gasteiger partial charge in [0.25, 0.3) is 0 Å². The Kier molecular flexibility index (Phi) is 7.91. The Bertz CT molecular complexity index is 2630. The van der Waals surface area contributed by atoms with Crippen LogP contribution >= 0.6 is 11.8 Å². The van der Waals surface area contributed by atoms with Crippen molar-refractivity contribution in [3.8, 4) is 0 Å². The van der Waals surface area contributed by atoms with Crippen LogP contribution in [0.2, 0.25) is 13.1 Å². The molecule has 3 heterocycles. The van der Waals surface area contributed by atoms with E-state index in [1.165, 1.54) is 93.5 Å². The van der Waals surface area contributed by atoms with Crippen LogP contribution in [0, 0.1) is 20.8 Å². The maximum atomic E-state index is 2.54. The molecule has 0 saturated carbocycles. The van der Waals surface area contributed by atoms with Crippen LogP contribution in [-0.4, -0.2) is 44.4 Å². The molecule has 2 nitrogen and oxygen atoms in total. The maximum Gasteiger partial charge on any atom is 0.199 e. The largest absolute Gasteiger partial charge is 0.355 e. The molecule has 1 aliphatic carbocycles. The van der Waals surface area contributed by atoms with Crippen LogP contribution in [0.25, 0.3) is 22.4 Å². The highest BCUT2D eigenvalue weighted by molar-refractivity contribution is 8.01. The second-order valence-corrected chi connectivity index (χ2v) is 22.9. The lowest BCUT2D eigenvalue weighted by Crippen LogP contribution is -2.50. The molecular formula is C50H51N2SSi+. The lowest BCUT2D eigenvalue weighted by molar-refractivity contribution is -0.462. The van der Waals surface area contributed by atoms with Crippen molar-refractivity contribution < 1.29 is 4.58 Å². The van der Waals surface area contributed by atoms with E-state index in [1.54, 1.807) is 5.19 Å². The minimum atomic E-state index is -1.92. The molecule has 1 atom stereocenters. The fourth-order valence-electron chi connectivity index (χ4n) is 9.85. The maximum absolute atomic E-state index is 2.54. The summed E-state index contributed by atoms with van der Waals surface area (Å²) < 4.78 is 2.24. The molecule has 0 saturated heterocycles. The molecule has 4 aliphatic rings. The molecule has 1 spiro atoms. The zero-order valence-electron chi connectivity index (χ0n) is 33.5. The molecule has 54 heavy (non-hydrogen) atoms. The minimum Gasteiger partial charge on any atom is -0.355 e. The van der Waals surface area contributed by atoms with Crippen molar-refractivity contribution in [2.24, 2.45) is 0 Å². The zero-order chi connectivity index (χ0) is 37.9. The van der Waals surface area contributed by atoms with Crippen LogP contribution < -0.4 is 10.1 Å². The van der Waals surface area contributed by atoms with Gasteiger partial charge in [-0.25, -0.2) is 4.58 Å².